The quantitative estimate of drug-likeness (QED) is 0.553. The van der Waals surface area contributed by atoms with Gasteiger partial charge in [0.15, 0.2) is 11.2 Å². The highest BCUT2D eigenvalue weighted by Gasteiger charge is 2.13. The first kappa shape index (κ1) is 17.7. The van der Waals surface area contributed by atoms with Crippen molar-refractivity contribution in [1.29, 1.82) is 0 Å². The normalized spacial score (nSPS) is 10.8. The Morgan fingerprint density at radius 3 is 2.57 bits per heavy atom. The van der Waals surface area contributed by atoms with Gasteiger partial charge in [0, 0.05) is 18.0 Å². The van der Waals surface area contributed by atoms with Crippen LogP contribution in [-0.2, 0) is 0 Å². The summed E-state index contributed by atoms with van der Waals surface area (Å²) in [5.74, 6) is 1.28. The zero-order valence-corrected chi connectivity index (χ0v) is 15.7. The van der Waals surface area contributed by atoms with E-state index in [-0.39, 0.29) is 0 Å². The van der Waals surface area contributed by atoms with Crippen molar-refractivity contribution in [2.75, 3.05) is 5.32 Å². The summed E-state index contributed by atoms with van der Waals surface area (Å²) >= 11 is 0. The molecule has 0 aliphatic heterocycles. The van der Waals surface area contributed by atoms with Gasteiger partial charge < -0.3 is 9.15 Å². The fourth-order valence-corrected chi connectivity index (χ4v) is 3.07. The molecular weight excluding hydrogens is 356 g/mol. The van der Waals surface area contributed by atoms with E-state index in [1.165, 1.54) is 0 Å². The van der Waals surface area contributed by atoms with Crippen LogP contribution in [0.2, 0.25) is 0 Å². The monoisotopic (exact) mass is 374 g/mol. The first-order valence-corrected chi connectivity index (χ1v) is 8.74. The van der Waals surface area contributed by atoms with E-state index < -0.39 is 6.09 Å². The summed E-state index contributed by atoms with van der Waals surface area (Å²) in [7, 11) is 0. The van der Waals surface area contributed by atoms with Crippen LogP contribution < -0.4 is 10.1 Å². The molecule has 28 heavy (non-hydrogen) atoms. The fraction of sp³-hybridized carbons (Fsp3) is 0.143. The molecule has 0 saturated carbocycles. The van der Waals surface area contributed by atoms with Crippen LogP contribution in [0.3, 0.4) is 0 Å². The van der Waals surface area contributed by atoms with Gasteiger partial charge in [-0.15, -0.1) is 0 Å². The third-order valence-electron chi connectivity index (χ3n) is 4.20. The minimum Gasteiger partial charge on any atom is -0.434 e. The molecule has 1 amide bonds. The molecule has 4 rings (SSSR count). The van der Waals surface area contributed by atoms with Crippen LogP contribution in [-0.4, -0.2) is 21.0 Å². The summed E-state index contributed by atoms with van der Waals surface area (Å²) in [6.07, 6.45) is 2.61. The number of rotatable bonds is 3. The second kappa shape index (κ2) is 7.11. The van der Waals surface area contributed by atoms with E-state index in [9.17, 15) is 4.79 Å². The smallest absolute Gasteiger partial charge is 0.418 e. The van der Waals surface area contributed by atoms with E-state index >= 15 is 0 Å². The molecule has 0 aliphatic rings. The number of aromatic nitrogens is 3. The SMILES string of the molecule is Cc1cc(C)c(OC(=O)Nc2cc(-c3nc4ncccc4o3)ccn2)c(C)c1. The van der Waals surface area contributed by atoms with Crippen molar-refractivity contribution in [2.45, 2.75) is 20.8 Å². The Hall–Kier alpha value is -3.74. The van der Waals surface area contributed by atoms with Gasteiger partial charge in [-0.05, 0) is 56.2 Å². The molecule has 4 aromatic rings. The van der Waals surface area contributed by atoms with Crippen LogP contribution >= 0.6 is 0 Å². The van der Waals surface area contributed by atoms with Gasteiger partial charge in [0.25, 0.3) is 0 Å². The molecule has 1 N–H and O–H groups in total. The molecule has 0 unspecified atom stereocenters. The average Bonchev–Trinajstić information content (AvgIpc) is 3.09. The van der Waals surface area contributed by atoms with Crippen LogP contribution in [0.1, 0.15) is 16.7 Å². The summed E-state index contributed by atoms with van der Waals surface area (Å²) in [4.78, 5) is 25.0. The maximum absolute atomic E-state index is 12.3. The number of carbonyl (C=O) groups is 1. The molecule has 0 spiro atoms. The number of anilines is 1. The van der Waals surface area contributed by atoms with E-state index in [0.717, 1.165) is 16.7 Å². The van der Waals surface area contributed by atoms with Gasteiger partial charge in [0.1, 0.15) is 11.6 Å². The molecule has 140 valence electrons. The van der Waals surface area contributed by atoms with Gasteiger partial charge in [-0.25, -0.2) is 14.8 Å². The van der Waals surface area contributed by atoms with Gasteiger partial charge in [-0.1, -0.05) is 17.7 Å². The van der Waals surface area contributed by atoms with Gasteiger partial charge in [-0.3, -0.25) is 5.32 Å². The van der Waals surface area contributed by atoms with Crippen LogP contribution in [0.15, 0.2) is 53.2 Å². The van der Waals surface area contributed by atoms with Gasteiger partial charge in [0.05, 0.1) is 0 Å². The summed E-state index contributed by atoms with van der Waals surface area (Å²) in [6, 6.07) is 10.9. The Kier molecular flexibility index (Phi) is 4.49. The molecule has 0 atom stereocenters. The lowest BCUT2D eigenvalue weighted by Crippen LogP contribution is -2.18. The number of benzene rings is 1. The Labute approximate surface area is 161 Å². The maximum atomic E-state index is 12.3. The Morgan fingerprint density at radius 1 is 1.04 bits per heavy atom. The van der Waals surface area contributed by atoms with E-state index in [0.29, 0.717) is 34.3 Å². The molecule has 3 heterocycles. The van der Waals surface area contributed by atoms with Gasteiger partial charge in [-0.2, -0.15) is 4.98 Å². The number of pyridine rings is 2. The second-order valence-electron chi connectivity index (χ2n) is 6.52. The number of carbonyl (C=O) groups excluding carboxylic acids is 1. The Bertz CT molecular complexity index is 1130. The van der Waals surface area contributed by atoms with Crippen molar-refractivity contribution in [3.05, 3.63) is 65.5 Å². The predicted molar refractivity (Wildman–Crippen MR) is 105 cm³/mol. The van der Waals surface area contributed by atoms with Crippen LogP contribution in [0.25, 0.3) is 22.7 Å². The van der Waals surface area contributed by atoms with Crippen LogP contribution in [0, 0.1) is 20.8 Å². The summed E-state index contributed by atoms with van der Waals surface area (Å²) in [6.45, 7) is 5.81. The van der Waals surface area contributed by atoms with Crippen molar-refractivity contribution in [3.63, 3.8) is 0 Å². The minimum atomic E-state index is -0.612. The Morgan fingerprint density at radius 2 is 1.82 bits per heavy atom. The molecule has 0 fully saturated rings. The largest absolute Gasteiger partial charge is 0.434 e. The van der Waals surface area contributed by atoms with E-state index in [1.807, 2.05) is 32.9 Å². The zero-order valence-electron chi connectivity index (χ0n) is 15.7. The summed E-state index contributed by atoms with van der Waals surface area (Å²) in [5.41, 5.74) is 4.69. The van der Waals surface area contributed by atoms with E-state index in [4.69, 9.17) is 9.15 Å². The first-order chi connectivity index (χ1) is 13.5. The zero-order chi connectivity index (χ0) is 19.7. The number of hydrogen-bond donors (Lipinski definition) is 1. The highest BCUT2D eigenvalue weighted by molar-refractivity contribution is 5.86. The number of aryl methyl sites for hydroxylation is 3. The maximum Gasteiger partial charge on any atom is 0.418 e. The molecule has 1 aromatic carbocycles. The number of nitrogens with zero attached hydrogens (tertiary/aromatic N) is 3. The minimum absolute atomic E-state index is 0.333. The number of nitrogens with one attached hydrogen (secondary N) is 1. The number of fused-ring (bicyclic) bond motifs is 1. The molecule has 3 aromatic heterocycles. The third kappa shape index (κ3) is 3.55. The van der Waals surface area contributed by atoms with Crippen molar-refractivity contribution < 1.29 is 13.9 Å². The van der Waals surface area contributed by atoms with E-state index in [2.05, 4.69) is 20.3 Å². The highest BCUT2D eigenvalue weighted by Crippen LogP contribution is 2.26. The first-order valence-electron chi connectivity index (χ1n) is 8.74. The third-order valence-corrected chi connectivity index (χ3v) is 4.20. The van der Waals surface area contributed by atoms with E-state index in [1.54, 1.807) is 36.7 Å². The topological polar surface area (TPSA) is 90.1 Å². The lowest BCUT2D eigenvalue weighted by atomic mass is 10.1. The fourth-order valence-electron chi connectivity index (χ4n) is 3.07. The molecule has 0 saturated heterocycles. The highest BCUT2D eigenvalue weighted by atomic mass is 16.6. The number of amides is 1. The predicted octanol–water partition coefficient (Wildman–Crippen LogP) is 4.82. The van der Waals surface area contributed by atoms with Crippen molar-refractivity contribution >= 4 is 23.1 Å². The molecular formula is C21H18N4O3. The van der Waals surface area contributed by atoms with Crippen LogP contribution in [0.5, 0.6) is 5.75 Å². The van der Waals surface area contributed by atoms with Crippen molar-refractivity contribution in [3.8, 4) is 17.2 Å². The summed E-state index contributed by atoms with van der Waals surface area (Å²) in [5, 5.41) is 2.65. The lowest BCUT2D eigenvalue weighted by molar-refractivity contribution is 0.214. The lowest BCUT2D eigenvalue weighted by Gasteiger charge is -2.12. The van der Waals surface area contributed by atoms with Crippen LogP contribution in [0.4, 0.5) is 10.6 Å². The number of oxazole rings is 1. The van der Waals surface area contributed by atoms with Crippen molar-refractivity contribution in [2.24, 2.45) is 0 Å². The van der Waals surface area contributed by atoms with Gasteiger partial charge in [0.2, 0.25) is 5.89 Å². The number of hydrogen-bond acceptors (Lipinski definition) is 6. The second-order valence-corrected chi connectivity index (χ2v) is 6.52. The molecule has 7 heteroatoms. The molecule has 0 radical (unpaired) electrons. The average molecular weight is 374 g/mol. The standard InChI is InChI=1S/C21H18N4O3/c1-12-9-13(2)18(14(3)10-12)28-21(26)24-17-11-15(6-8-22-17)20-25-19-16(27-20)5-4-7-23-19/h4-11H,1-3H3,(H,22,24,26). The Balaban J connectivity index is 1.54. The molecule has 0 bridgehead atoms. The number of ether oxygens (including phenoxy) is 1. The summed E-state index contributed by atoms with van der Waals surface area (Å²) < 4.78 is 11.2. The van der Waals surface area contributed by atoms with Gasteiger partial charge >= 0.3 is 6.09 Å². The molecule has 0 aliphatic carbocycles. The van der Waals surface area contributed by atoms with Crippen molar-refractivity contribution in [1.82, 2.24) is 15.0 Å². The molecule has 7 nitrogen and oxygen atoms in total.